The molecule has 2 N–H and O–H groups in total. The molecule has 28 heavy (non-hydrogen) atoms. The van der Waals surface area contributed by atoms with E-state index in [-0.39, 0.29) is 29.4 Å². The van der Waals surface area contributed by atoms with Crippen LogP contribution in [0.1, 0.15) is 45.6 Å². The second-order valence-corrected chi connectivity index (χ2v) is 8.30. The van der Waals surface area contributed by atoms with Gasteiger partial charge in [-0.3, -0.25) is 4.99 Å². The van der Waals surface area contributed by atoms with E-state index in [1.807, 2.05) is 6.07 Å². The van der Waals surface area contributed by atoms with E-state index in [2.05, 4.69) is 43.5 Å². The molecule has 3 aliphatic heterocycles. The zero-order chi connectivity index (χ0) is 18.9. The Balaban J connectivity index is 0.00000225. The van der Waals surface area contributed by atoms with Gasteiger partial charge < -0.3 is 24.8 Å². The highest BCUT2D eigenvalue weighted by Crippen LogP contribution is 2.36. The minimum atomic E-state index is -0.108. The molecule has 1 aromatic rings. The monoisotopic (exact) mass is 501 g/mol. The minimum absolute atomic E-state index is 0. The van der Waals surface area contributed by atoms with Crippen molar-refractivity contribution in [3.05, 3.63) is 23.8 Å². The van der Waals surface area contributed by atoms with Crippen molar-refractivity contribution in [2.45, 2.75) is 63.7 Å². The lowest BCUT2D eigenvalue weighted by atomic mass is 9.84. The summed E-state index contributed by atoms with van der Waals surface area (Å²) >= 11 is 0. The number of hydrogen-bond acceptors (Lipinski definition) is 4. The van der Waals surface area contributed by atoms with Crippen molar-refractivity contribution in [1.82, 2.24) is 10.6 Å². The van der Waals surface area contributed by atoms with Crippen LogP contribution in [0.3, 0.4) is 0 Å². The lowest BCUT2D eigenvalue weighted by molar-refractivity contribution is 0.0992. The van der Waals surface area contributed by atoms with Crippen molar-refractivity contribution in [3.63, 3.8) is 0 Å². The number of guanidine groups is 1. The number of aliphatic imine (C=N–C) groups is 1. The van der Waals surface area contributed by atoms with Crippen molar-refractivity contribution in [2.24, 2.45) is 4.99 Å². The van der Waals surface area contributed by atoms with E-state index in [9.17, 15) is 0 Å². The van der Waals surface area contributed by atoms with Crippen LogP contribution in [0.2, 0.25) is 0 Å². The molecule has 156 valence electrons. The standard InChI is InChI=1S/C21H31N3O3.HI/c1-4-22-20(24-16-12-15-6-8-17(16)27-15)23-13-21(2,3)14-5-7-18-19(11-14)26-10-9-25-18;/h5,7,11,15-17H,4,6,8-10,12-13H2,1-3H3,(H2,22,23,24);1H. The average molecular weight is 501 g/mol. The van der Waals surface area contributed by atoms with Gasteiger partial charge in [0, 0.05) is 12.0 Å². The fraction of sp³-hybridized carbons (Fsp3) is 0.667. The number of fused-ring (bicyclic) bond motifs is 3. The van der Waals surface area contributed by atoms with Gasteiger partial charge in [0.15, 0.2) is 17.5 Å². The third kappa shape index (κ3) is 4.67. The van der Waals surface area contributed by atoms with Gasteiger partial charge in [-0.2, -0.15) is 0 Å². The molecular weight excluding hydrogens is 469 g/mol. The van der Waals surface area contributed by atoms with Gasteiger partial charge in [-0.25, -0.2) is 0 Å². The molecule has 7 heteroatoms. The van der Waals surface area contributed by atoms with Crippen LogP contribution in [0.15, 0.2) is 23.2 Å². The van der Waals surface area contributed by atoms with Crippen LogP contribution >= 0.6 is 24.0 Å². The third-order valence-electron chi connectivity index (χ3n) is 5.73. The summed E-state index contributed by atoms with van der Waals surface area (Å²) in [5, 5.41) is 6.97. The summed E-state index contributed by atoms with van der Waals surface area (Å²) in [6, 6.07) is 6.59. The first-order valence-corrected chi connectivity index (χ1v) is 10.2. The van der Waals surface area contributed by atoms with Crippen LogP contribution < -0.4 is 20.1 Å². The number of nitrogens with zero attached hydrogens (tertiary/aromatic N) is 1. The average Bonchev–Trinajstić information content (AvgIpc) is 3.29. The van der Waals surface area contributed by atoms with E-state index in [0.717, 1.165) is 36.8 Å². The largest absolute Gasteiger partial charge is 0.486 e. The topological polar surface area (TPSA) is 64.1 Å². The summed E-state index contributed by atoms with van der Waals surface area (Å²) in [7, 11) is 0. The lowest BCUT2D eigenvalue weighted by Gasteiger charge is -2.27. The van der Waals surface area contributed by atoms with Gasteiger partial charge in [0.05, 0.1) is 24.8 Å². The zero-order valence-electron chi connectivity index (χ0n) is 17.0. The van der Waals surface area contributed by atoms with Crippen molar-refractivity contribution < 1.29 is 14.2 Å². The number of ether oxygens (including phenoxy) is 3. The van der Waals surface area contributed by atoms with Crippen molar-refractivity contribution in [1.29, 1.82) is 0 Å². The fourth-order valence-corrected chi connectivity index (χ4v) is 4.12. The summed E-state index contributed by atoms with van der Waals surface area (Å²) in [6.45, 7) is 9.28. The van der Waals surface area contributed by atoms with Gasteiger partial charge in [0.25, 0.3) is 0 Å². The molecule has 0 saturated carbocycles. The summed E-state index contributed by atoms with van der Waals surface area (Å²) in [4.78, 5) is 4.89. The molecule has 2 saturated heterocycles. The van der Waals surface area contributed by atoms with Gasteiger partial charge in [0.1, 0.15) is 13.2 Å². The molecule has 0 radical (unpaired) electrons. The summed E-state index contributed by atoms with van der Waals surface area (Å²) in [5.74, 6) is 2.54. The first kappa shape index (κ1) is 21.5. The van der Waals surface area contributed by atoms with Crippen LogP contribution in [0.25, 0.3) is 0 Å². The predicted octanol–water partition coefficient (Wildman–Crippen LogP) is 3.23. The quantitative estimate of drug-likeness (QED) is 0.369. The SMILES string of the molecule is CCNC(=NCC(C)(C)c1ccc2c(c1)OCCO2)NC1CC2CCC1O2.I. The number of rotatable bonds is 5. The zero-order valence-corrected chi connectivity index (χ0v) is 19.3. The van der Waals surface area contributed by atoms with Gasteiger partial charge in [-0.15, -0.1) is 24.0 Å². The maximum Gasteiger partial charge on any atom is 0.191 e. The first-order valence-electron chi connectivity index (χ1n) is 10.2. The highest BCUT2D eigenvalue weighted by molar-refractivity contribution is 14.0. The number of hydrogen-bond donors (Lipinski definition) is 2. The number of nitrogens with one attached hydrogen (secondary N) is 2. The summed E-state index contributed by atoms with van der Waals surface area (Å²) in [6.07, 6.45) is 4.22. The summed E-state index contributed by atoms with van der Waals surface area (Å²) in [5.41, 5.74) is 1.10. The number of halogens is 1. The number of benzene rings is 1. The van der Waals surface area contributed by atoms with E-state index in [0.29, 0.717) is 38.0 Å². The lowest BCUT2D eigenvalue weighted by Crippen LogP contribution is -2.47. The molecule has 0 aliphatic carbocycles. The van der Waals surface area contributed by atoms with E-state index < -0.39 is 0 Å². The Morgan fingerprint density at radius 3 is 2.64 bits per heavy atom. The van der Waals surface area contributed by atoms with Crippen LogP contribution in [0, 0.1) is 0 Å². The highest BCUT2D eigenvalue weighted by Gasteiger charge is 2.41. The Kier molecular flexibility index (Phi) is 6.96. The molecule has 0 aromatic heterocycles. The van der Waals surface area contributed by atoms with Gasteiger partial charge in [0.2, 0.25) is 0 Å². The summed E-state index contributed by atoms with van der Waals surface area (Å²) < 4.78 is 17.3. The molecule has 3 aliphatic rings. The van der Waals surface area contributed by atoms with Gasteiger partial charge >= 0.3 is 0 Å². The molecule has 2 fully saturated rings. The fourth-order valence-electron chi connectivity index (χ4n) is 4.12. The van der Waals surface area contributed by atoms with Crippen molar-refractivity contribution in [3.8, 4) is 11.5 Å². The highest BCUT2D eigenvalue weighted by atomic mass is 127. The van der Waals surface area contributed by atoms with E-state index in [1.165, 1.54) is 12.0 Å². The maximum atomic E-state index is 5.96. The minimum Gasteiger partial charge on any atom is -0.486 e. The second kappa shape index (κ2) is 9.07. The Labute approximate surface area is 184 Å². The van der Waals surface area contributed by atoms with Crippen molar-refractivity contribution >= 4 is 29.9 Å². The molecule has 6 nitrogen and oxygen atoms in total. The molecule has 3 heterocycles. The Morgan fingerprint density at radius 1 is 1.18 bits per heavy atom. The van der Waals surface area contributed by atoms with Crippen molar-refractivity contribution in [2.75, 3.05) is 26.3 Å². The molecule has 2 bridgehead atoms. The molecule has 0 spiro atoms. The predicted molar refractivity (Wildman–Crippen MR) is 121 cm³/mol. The van der Waals surface area contributed by atoms with E-state index >= 15 is 0 Å². The molecule has 3 unspecified atom stereocenters. The van der Waals surface area contributed by atoms with E-state index in [1.54, 1.807) is 0 Å². The van der Waals surface area contributed by atoms with Crippen LogP contribution in [-0.2, 0) is 10.2 Å². The molecule has 1 aromatic carbocycles. The van der Waals surface area contributed by atoms with Gasteiger partial charge in [-0.05, 0) is 43.9 Å². The normalized spacial score (nSPS) is 26.0. The van der Waals surface area contributed by atoms with Crippen LogP contribution in [0.4, 0.5) is 0 Å². The second-order valence-electron chi connectivity index (χ2n) is 8.30. The Morgan fingerprint density at radius 2 is 1.96 bits per heavy atom. The molecular formula is C21H32IN3O3. The first-order chi connectivity index (χ1) is 13.0. The van der Waals surface area contributed by atoms with Gasteiger partial charge in [-0.1, -0.05) is 19.9 Å². The Hall–Kier alpha value is -1.22. The van der Waals surface area contributed by atoms with E-state index in [4.69, 9.17) is 19.2 Å². The molecule has 3 atom stereocenters. The van der Waals surface area contributed by atoms with Crippen LogP contribution in [0.5, 0.6) is 11.5 Å². The Bertz CT molecular complexity index is 710. The maximum absolute atomic E-state index is 5.96. The molecule has 4 rings (SSSR count). The molecule has 0 amide bonds. The third-order valence-corrected chi connectivity index (χ3v) is 5.73. The smallest absolute Gasteiger partial charge is 0.191 e. The van der Waals surface area contributed by atoms with Crippen LogP contribution in [-0.4, -0.2) is 50.5 Å².